The van der Waals surface area contributed by atoms with E-state index in [1.807, 2.05) is 30.3 Å². The Morgan fingerprint density at radius 1 is 1.19 bits per heavy atom. The third kappa shape index (κ3) is 3.84. The lowest BCUT2D eigenvalue weighted by atomic mass is 10.1. The number of esters is 1. The monoisotopic (exact) mass is 276 g/mol. The molecule has 0 aromatic heterocycles. The van der Waals surface area contributed by atoms with E-state index >= 15 is 0 Å². The summed E-state index contributed by atoms with van der Waals surface area (Å²) in [4.78, 5) is 12.2. The van der Waals surface area contributed by atoms with E-state index in [-0.39, 0.29) is 6.10 Å². The molecule has 0 N–H and O–H groups in total. The van der Waals surface area contributed by atoms with Gasteiger partial charge in [0.25, 0.3) is 0 Å². The summed E-state index contributed by atoms with van der Waals surface area (Å²) in [6, 6.07) is 16.8. The summed E-state index contributed by atoms with van der Waals surface area (Å²) in [7, 11) is 0. The molecule has 2 aromatic carbocycles. The van der Waals surface area contributed by atoms with Gasteiger partial charge in [0.2, 0.25) is 0 Å². The van der Waals surface area contributed by atoms with E-state index in [1.54, 1.807) is 30.3 Å². The average molecular weight is 276 g/mol. The van der Waals surface area contributed by atoms with Crippen molar-refractivity contribution in [3.8, 4) is 12.3 Å². The molecule has 0 fully saturated rings. The molecule has 1 unspecified atom stereocenters. The highest BCUT2D eigenvalue weighted by Gasteiger charge is 2.16. The molecular formula is C19H16O2. The van der Waals surface area contributed by atoms with Crippen LogP contribution in [0.5, 0.6) is 0 Å². The highest BCUT2D eigenvalue weighted by molar-refractivity contribution is 5.92. The van der Waals surface area contributed by atoms with Gasteiger partial charge in [-0.2, -0.15) is 0 Å². The van der Waals surface area contributed by atoms with Crippen LogP contribution in [-0.2, 0) is 11.2 Å². The van der Waals surface area contributed by atoms with E-state index in [0.717, 1.165) is 5.56 Å². The lowest BCUT2D eigenvalue weighted by Crippen LogP contribution is -2.19. The quantitative estimate of drug-likeness (QED) is 0.473. The molecule has 0 bridgehead atoms. The van der Waals surface area contributed by atoms with E-state index in [9.17, 15) is 4.79 Å². The molecule has 0 aliphatic heterocycles. The fourth-order valence-corrected chi connectivity index (χ4v) is 2.01. The van der Waals surface area contributed by atoms with Crippen molar-refractivity contribution in [3.63, 3.8) is 0 Å². The molecule has 0 saturated heterocycles. The summed E-state index contributed by atoms with van der Waals surface area (Å²) < 4.78 is 5.48. The highest BCUT2D eigenvalue weighted by Crippen LogP contribution is 2.13. The SMILES string of the molecule is C#Cc1ccccc1C(=O)OC(C=C)Cc1ccccc1. The Morgan fingerprint density at radius 2 is 1.86 bits per heavy atom. The van der Waals surface area contributed by atoms with E-state index in [4.69, 9.17) is 11.2 Å². The maximum Gasteiger partial charge on any atom is 0.340 e. The van der Waals surface area contributed by atoms with Crippen molar-refractivity contribution < 1.29 is 9.53 Å². The van der Waals surface area contributed by atoms with Crippen molar-refractivity contribution in [1.29, 1.82) is 0 Å². The fraction of sp³-hybridized carbons (Fsp3) is 0.105. The van der Waals surface area contributed by atoms with Crippen molar-refractivity contribution >= 4 is 5.97 Å². The number of rotatable bonds is 5. The van der Waals surface area contributed by atoms with Crippen LogP contribution in [0.3, 0.4) is 0 Å². The minimum atomic E-state index is -0.426. The van der Waals surface area contributed by atoms with Crippen molar-refractivity contribution in [2.24, 2.45) is 0 Å². The Hall–Kier alpha value is -2.79. The summed E-state index contributed by atoms with van der Waals surface area (Å²) in [6.07, 6.45) is 7.23. The zero-order valence-corrected chi connectivity index (χ0v) is 11.7. The predicted molar refractivity (Wildman–Crippen MR) is 83.9 cm³/mol. The van der Waals surface area contributed by atoms with Gasteiger partial charge in [0.05, 0.1) is 5.56 Å². The van der Waals surface area contributed by atoms with Gasteiger partial charge in [0.15, 0.2) is 0 Å². The van der Waals surface area contributed by atoms with Gasteiger partial charge >= 0.3 is 5.97 Å². The summed E-state index contributed by atoms with van der Waals surface area (Å²) in [5.74, 6) is 2.06. The fourth-order valence-electron chi connectivity index (χ4n) is 2.01. The Labute approximate surface area is 125 Å². The first-order valence-electron chi connectivity index (χ1n) is 6.67. The van der Waals surface area contributed by atoms with Crippen LogP contribution in [0.25, 0.3) is 0 Å². The lowest BCUT2D eigenvalue weighted by molar-refractivity contribution is 0.0396. The largest absolute Gasteiger partial charge is 0.454 e. The van der Waals surface area contributed by atoms with Crippen LogP contribution in [0.15, 0.2) is 67.3 Å². The molecule has 2 nitrogen and oxygen atoms in total. The number of hydrogen-bond donors (Lipinski definition) is 0. The minimum absolute atomic E-state index is 0.384. The zero-order valence-electron chi connectivity index (χ0n) is 11.7. The number of terminal acetylenes is 1. The molecule has 2 aromatic rings. The molecule has 21 heavy (non-hydrogen) atoms. The number of carbonyl (C=O) groups is 1. The van der Waals surface area contributed by atoms with E-state index < -0.39 is 5.97 Å². The van der Waals surface area contributed by atoms with Crippen LogP contribution in [0.1, 0.15) is 21.5 Å². The third-order valence-corrected chi connectivity index (χ3v) is 3.10. The first-order chi connectivity index (χ1) is 10.2. The average Bonchev–Trinajstić information content (AvgIpc) is 2.55. The van der Waals surface area contributed by atoms with E-state index in [2.05, 4.69) is 12.5 Å². The Kier molecular flexibility index (Phi) is 4.95. The molecule has 0 aliphatic carbocycles. The van der Waals surface area contributed by atoms with Crippen molar-refractivity contribution in [2.75, 3.05) is 0 Å². The van der Waals surface area contributed by atoms with Gasteiger partial charge in [-0.25, -0.2) is 4.79 Å². The second-order valence-corrected chi connectivity index (χ2v) is 4.56. The molecule has 1 atom stereocenters. The summed E-state index contributed by atoms with van der Waals surface area (Å²) >= 11 is 0. The van der Waals surface area contributed by atoms with Crippen LogP contribution in [0.2, 0.25) is 0 Å². The number of ether oxygens (including phenoxy) is 1. The lowest BCUT2D eigenvalue weighted by Gasteiger charge is -2.15. The van der Waals surface area contributed by atoms with Gasteiger partial charge in [-0.05, 0) is 17.7 Å². The molecule has 0 heterocycles. The van der Waals surface area contributed by atoms with Gasteiger partial charge in [-0.1, -0.05) is 61.0 Å². The van der Waals surface area contributed by atoms with Gasteiger partial charge < -0.3 is 4.74 Å². The van der Waals surface area contributed by atoms with Gasteiger partial charge in [0.1, 0.15) is 6.10 Å². The Morgan fingerprint density at radius 3 is 2.52 bits per heavy atom. The summed E-state index contributed by atoms with van der Waals surface area (Å²) in [6.45, 7) is 3.73. The van der Waals surface area contributed by atoms with Crippen LogP contribution in [0, 0.1) is 12.3 Å². The molecule has 0 aliphatic rings. The highest BCUT2D eigenvalue weighted by atomic mass is 16.5. The van der Waals surface area contributed by atoms with Crippen molar-refractivity contribution in [2.45, 2.75) is 12.5 Å². The normalized spacial score (nSPS) is 11.2. The number of benzene rings is 2. The first kappa shape index (κ1) is 14.6. The Bertz CT molecular complexity index is 665. The second-order valence-electron chi connectivity index (χ2n) is 4.56. The van der Waals surface area contributed by atoms with Gasteiger partial charge in [-0.3, -0.25) is 0 Å². The predicted octanol–water partition coefficient (Wildman–Crippen LogP) is 3.62. The van der Waals surface area contributed by atoms with Crippen LogP contribution >= 0.6 is 0 Å². The molecule has 0 saturated carbocycles. The topological polar surface area (TPSA) is 26.3 Å². The van der Waals surface area contributed by atoms with E-state index in [0.29, 0.717) is 17.5 Å². The molecular weight excluding hydrogens is 260 g/mol. The summed E-state index contributed by atoms with van der Waals surface area (Å²) in [5.41, 5.74) is 2.02. The van der Waals surface area contributed by atoms with Crippen LogP contribution in [0.4, 0.5) is 0 Å². The van der Waals surface area contributed by atoms with Crippen molar-refractivity contribution in [1.82, 2.24) is 0 Å². The van der Waals surface area contributed by atoms with Crippen LogP contribution in [-0.4, -0.2) is 12.1 Å². The molecule has 0 amide bonds. The standard InChI is InChI=1S/C19H16O2/c1-3-16-12-8-9-13-18(16)19(20)21-17(4-2)14-15-10-6-5-7-11-15/h1,4-13,17H,2,14H2. The first-order valence-corrected chi connectivity index (χ1v) is 6.67. The summed E-state index contributed by atoms with van der Waals surface area (Å²) in [5, 5.41) is 0. The minimum Gasteiger partial charge on any atom is -0.454 e. The second kappa shape index (κ2) is 7.12. The van der Waals surface area contributed by atoms with Crippen molar-refractivity contribution in [3.05, 3.63) is 83.9 Å². The maximum atomic E-state index is 12.2. The molecule has 0 radical (unpaired) electrons. The smallest absolute Gasteiger partial charge is 0.340 e. The molecule has 2 rings (SSSR count). The van der Waals surface area contributed by atoms with E-state index in [1.165, 1.54) is 0 Å². The number of carbonyl (C=O) groups excluding carboxylic acids is 1. The van der Waals surface area contributed by atoms with Gasteiger partial charge in [-0.15, -0.1) is 6.42 Å². The third-order valence-electron chi connectivity index (χ3n) is 3.10. The molecule has 104 valence electrons. The molecule has 2 heteroatoms. The van der Waals surface area contributed by atoms with Gasteiger partial charge in [0, 0.05) is 12.0 Å². The van der Waals surface area contributed by atoms with Crippen LogP contribution < -0.4 is 0 Å². The maximum absolute atomic E-state index is 12.2. The number of hydrogen-bond acceptors (Lipinski definition) is 2. The molecule has 0 spiro atoms. The zero-order chi connectivity index (χ0) is 15.1. The Balaban J connectivity index is 2.10.